The van der Waals surface area contributed by atoms with E-state index in [0.29, 0.717) is 0 Å². The molecule has 128 valence electrons. The normalized spacial score (nSPS) is 16.8. The number of halogens is 2. The van der Waals surface area contributed by atoms with Crippen molar-refractivity contribution in [3.05, 3.63) is 29.8 Å². The van der Waals surface area contributed by atoms with Crippen LogP contribution in [-0.4, -0.2) is 26.9 Å². The Morgan fingerprint density at radius 1 is 1.09 bits per heavy atom. The molecule has 0 radical (unpaired) electrons. The average molecular weight is 346 g/mol. The molecule has 1 aromatic carbocycles. The number of hydrogen-bond donors (Lipinski definition) is 2. The molecule has 0 aromatic heterocycles. The Bertz CT molecular complexity index is 636. The Morgan fingerprint density at radius 3 is 2.22 bits per heavy atom. The molecule has 0 bridgehead atoms. The van der Waals surface area contributed by atoms with Crippen molar-refractivity contribution in [3.63, 3.8) is 0 Å². The van der Waals surface area contributed by atoms with E-state index in [9.17, 15) is 22.0 Å². The van der Waals surface area contributed by atoms with Crippen molar-refractivity contribution in [1.82, 2.24) is 10.0 Å². The topological polar surface area (TPSA) is 75.3 Å². The molecule has 0 spiro atoms. The van der Waals surface area contributed by atoms with Gasteiger partial charge in [0.05, 0.1) is 6.54 Å². The van der Waals surface area contributed by atoms with Gasteiger partial charge in [0.25, 0.3) is 0 Å². The third kappa shape index (κ3) is 4.97. The van der Waals surface area contributed by atoms with Crippen LogP contribution in [0.5, 0.6) is 0 Å². The van der Waals surface area contributed by atoms with Gasteiger partial charge in [-0.2, -0.15) is 0 Å². The van der Waals surface area contributed by atoms with Gasteiger partial charge in [-0.1, -0.05) is 31.7 Å². The van der Waals surface area contributed by atoms with Gasteiger partial charge in [0.2, 0.25) is 15.9 Å². The summed E-state index contributed by atoms with van der Waals surface area (Å²) in [5.74, 6) is -2.89. The largest absolute Gasteiger partial charge is 0.352 e. The highest BCUT2D eigenvalue weighted by Crippen LogP contribution is 2.18. The highest BCUT2D eigenvalue weighted by Gasteiger charge is 2.24. The third-order valence-electron chi connectivity index (χ3n) is 3.83. The van der Waals surface area contributed by atoms with Crippen molar-refractivity contribution >= 4 is 15.9 Å². The van der Waals surface area contributed by atoms with Crippen LogP contribution in [-0.2, 0) is 14.8 Å². The van der Waals surface area contributed by atoms with E-state index in [-0.39, 0.29) is 6.04 Å². The molecule has 8 heteroatoms. The van der Waals surface area contributed by atoms with Crippen LogP contribution in [0.25, 0.3) is 0 Å². The highest BCUT2D eigenvalue weighted by atomic mass is 32.2. The lowest BCUT2D eigenvalue weighted by Gasteiger charge is -2.16. The Kier molecular flexibility index (Phi) is 6.06. The number of sulfonamides is 1. The van der Waals surface area contributed by atoms with E-state index >= 15 is 0 Å². The molecule has 1 fully saturated rings. The average Bonchev–Trinajstić information content (AvgIpc) is 2.73. The fourth-order valence-corrected chi connectivity index (χ4v) is 3.79. The molecule has 2 rings (SSSR count). The highest BCUT2D eigenvalue weighted by molar-refractivity contribution is 7.89. The Morgan fingerprint density at radius 2 is 1.65 bits per heavy atom. The summed E-state index contributed by atoms with van der Waals surface area (Å²) < 4.78 is 52.9. The SMILES string of the molecule is O=C(CNS(=O)(=O)c1c(F)cccc1F)NC1CCCCCC1. The maximum Gasteiger partial charge on any atom is 0.246 e. The fraction of sp³-hybridized carbons (Fsp3) is 0.533. The monoisotopic (exact) mass is 346 g/mol. The minimum atomic E-state index is -4.43. The van der Waals surface area contributed by atoms with Crippen molar-refractivity contribution in [2.45, 2.75) is 49.5 Å². The number of amides is 1. The molecule has 0 atom stereocenters. The number of nitrogens with one attached hydrogen (secondary N) is 2. The van der Waals surface area contributed by atoms with Crippen molar-refractivity contribution in [2.75, 3.05) is 6.54 Å². The summed E-state index contributed by atoms with van der Waals surface area (Å²) in [5.41, 5.74) is 0. The molecule has 0 unspecified atom stereocenters. The number of hydrogen-bond acceptors (Lipinski definition) is 3. The number of carbonyl (C=O) groups is 1. The van der Waals surface area contributed by atoms with Crippen molar-refractivity contribution < 1.29 is 22.0 Å². The van der Waals surface area contributed by atoms with Gasteiger partial charge in [0, 0.05) is 6.04 Å². The summed E-state index contributed by atoms with van der Waals surface area (Å²) in [6, 6.07) is 2.80. The van der Waals surface area contributed by atoms with Gasteiger partial charge < -0.3 is 5.32 Å². The fourth-order valence-electron chi connectivity index (χ4n) is 2.67. The summed E-state index contributed by atoms with van der Waals surface area (Å²) in [6.45, 7) is -0.549. The number of rotatable bonds is 5. The number of benzene rings is 1. The van der Waals surface area contributed by atoms with Gasteiger partial charge in [-0.3, -0.25) is 4.79 Å². The summed E-state index contributed by atoms with van der Waals surface area (Å²) in [4.78, 5) is 10.8. The summed E-state index contributed by atoms with van der Waals surface area (Å²) in [6.07, 6.45) is 6.03. The van der Waals surface area contributed by atoms with Crippen molar-refractivity contribution in [1.29, 1.82) is 0 Å². The molecule has 5 nitrogen and oxygen atoms in total. The van der Waals surface area contributed by atoms with E-state index < -0.39 is 39.0 Å². The first-order valence-electron chi connectivity index (χ1n) is 7.63. The van der Waals surface area contributed by atoms with E-state index in [0.717, 1.165) is 56.7 Å². The first-order chi connectivity index (χ1) is 10.9. The predicted molar refractivity (Wildman–Crippen MR) is 81.2 cm³/mol. The van der Waals surface area contributed by atoms with Crippen LogP contribution >= 0.6 is 0 Å². The van der Waals surface area contributed by atoms with Crippen LogP contribution in [0, 0.1) is 11.6 Å². The molecule has 1 aliphatic carbocycles. The molecule has 0 saturated heterocycles. The van der Waals surface area contributed by atoms with Crippen LogP contribution in [0.2, 0.25) is 0 Å². The van der Waals surface area contributed by atoms with Crippen LogP contribution < -0.4 is 10.0 Å². The molecule has 2 N–H and O–H groups in total. The van der Waals surface area contributed by atoms with Gasteiger partial charge in [-0.25, -0.2) is 21.9 Å². The lowest BCUT2D eigenvalue weighted by Crippen LogP contribution is -2.42. The summed E-state index contributed by atoms with van der Waals surface area (Å²) in [7, 11) is -4.43. The summed E-state index contributed by atoms with van der Waals surface area (Å²) in [5, 5.41) is 2.76. The molecular formula is C15H20F2N2O3S. The van der Waals surface area contributed by atoms with E-state index in [1.54, 1.807) is 0 Å². The molecule has 1 saturated carbocycles. The molecular weight excluding hydrogens is 326 g/mol. The van der Waals surface area contributed by atoms with Crippen LogP contribution in [0.4, 0.5) is 8.78 Å². The molecule has 1 aromatic rings. The van der Waals surface area contributed by atoms with Crippen LogP contribution in [0.15, 0.2) is 23.1 Å². The van der Waals surface area contributed by atoms with E-state index in [1.807, 2.05) is 4.72 Å². The first-order valence-corrected chi connectivity index (χ1v) is 9.11. The third-order valence-corrected chi connectivity index (χ3v) is 5.28. The molecule has 23 heavy (non-hydrogen) atoms. The molecule has 1 aliphatic rings. The van der Waals surface area contributed by atoms with Gasteiger partial charge in [-0.15, -0.1) is 0 Å². The zero-order chi connectivity index (χ0) is 16.9. The lowest BCUT2D eigenvalue weighted by atomic mass is 10.1. The van der Waals surface area contributed by atoms with E-state index in [1.165, 1.54) is 0 Å². The second-order valence-corrected chi connectivity index (χ2v) is 7.34. The van der Waals surface area contributed by atoms with Crippen LogP contribution in [0.1, 0.15) is 38.5 Å². The predicted octanol–water partition coefficient (Wildman–Crippen LogP) is 2.08. The minimum absolute atomic E-state index is 0.0275. The second-order valence-electron chi connectivity index (χ2n) is 5.63. The zero-order valence-corrected chi connectivity index (χ0v) is 13.5. The lowest BCUT2D eigenvalue weighted by molar-refractivity contribution is -0.120. The molecule has 0 heterocycles. The van der Waals surface area contributed by atoms with Crippen LogP contribution in [0.3, 0.4) is 0 Å². The Hall–Kier alpha value is -1.54. The standard InChI is InChI=1S/C15H20F2N2O3S/c16-12-8-5-9-13(17)15(12)23(21,22)18-10-14(20)19-11-6-3-1-2-4-7-11/h5,8-9,11,18H,1-4,6-7,10H2,(H,19,20). The van der Waals surface area contributed by atoms with Crippen molar-refractivity contribution in [2.24, 2.45) is 0 Å². The first kappa shape index (κ1) is 17.8. The van der Waals surface area contributed by atoms with E-state index in [2.05, 4.69) is 5.32 Å². The quantitative estimate of drug-likeness (QED) is 0.802. The van der Waals surface area contributed by atoms with Gasteiger partial charge >= 0.3 is 0 Å². The molecule has 0 aliphatic heterocycles. The smallest absolute Gasteiger partial charge is 0.246 e. The number of carbonyl (C=O) groups excluding carboxylic acids is 1. The molecule has 1 amide bonds. The maximum absolute atomic E-state index is 13.5. The second kappa shape index (κ2) is 7.83. The zero-order valence-electron chi connectivity index (χ0n) is 12.6. The Balaban J connectivity index is 1.95. The van der Waals surface area contributed by atoms with Gasteiger partial charge in [-0.05, 0) is 25.0 Å². The van der Waals surface area contributed by atoms with Gasteiger partial charge in [0.1, 0.15) is 11.6 Å². The maximum atomic E-state index is 13.5. The van der Waals surface area contributed by atoms with Gasteiger partial charge in [0.15, 0.2) is 4.90 Å². The minimum Gasteiger partial charge on any atom is -0.352 e. The summed E-state index contributed by atoms with van der Waals surface area (Å²) >= 11 is 0. The Labute approximate surface area is 134 Å². The van der Waals surface area contributed by atoms with E-state index in [4.69, 9.17) is 0 Å². The van der Waals surface area contributed by atoms with Crippen molar-refractivity contribution in [3.8, 4) is 0 Å².